The fourth-order valence-corrected chi connectivity index (χ4v) is 3.18. The molecule has 17 heavy (non-hydrogen) atoms. The summed E-state index contributed by atoms with van der Waals surface area (Å²) in [5.74, 6) is 1.33. The van der Waals surface area contributed by atoms with Gasteiger partial charge in [0, 0.05) is 12.1 Å². The van der Waals surface area contributed by atoms with Crippen LogP contribution in [0.25, 0.3) is 0 Å². The van der Waals surface area contributed by atoms with Gasteiger partial charge >= 0.3 is 0 Å². The molecule has 0 bridgehead atoms. The lowest BCUT2D eigenvalue weighted by Gasteiger charge is -2.37. The summed E-state index contributed by atoms with van der Waals surface area (Å²) in [6.45, 7) is 7.21. The SMILES string of the molecule is CC(C)C1(C)CCCCCC2N=CN=CC2C1. The molecule has 96 valence electrons. The molecule has 0 saturated heterocycles. The van der Waals surface area contributed by atoms with E-state index in [0.29, 0.717) is 17.4 Å². The predicted octanol–water partition coefficient (Wildman–Crippen LogP) is 4.10. The lowest BCUT2D eigenvalue weighted by Crippen LogP contribution is -2.32. The highest BCUT2D eigenvalue weighted by atomic mass is 14.9. The van der Waals surface area contributed by atoms with Crippen LogP contribution in [0.15, 0.2) is 9.98 Å². The smallest absolute Gasteiger partial charge is 0.109 e. The summed E-state index contributed by atoms with van der Waals surface area (Å²) < 4.78 is 0. The van der Waals surface area contributed by atoms with Crippen LogP contribution in [0.4, 0.5) is 0 Å². The first-order valence-corrected chi connectivity index (χ1v) is 7.17. The van der Waals surface area contributed by atoms with E-state index in [9.17, 15) is 0 Å². The topological polar surface area (TPSA) is 24.7 Å². The Balaban J connectivity index is 2.15. The third kappa shape index (κ3) is 2.97. The maximum atomic E-state index is 4.60. The Bertz CT molecular complexity index is 306. The molecule has 3 atom stereocenters. The first-order chi connectivity index (χ1) is 8.12. The van der Waals surface area contributed by atoms with E-state index in [4.69, 9.17) is 0 Å². The van der Waals surface area contributed by atoms with Crippen LogP contribution in [0.5, 0.6) is 0 Å². The molecular formula is C15H26N2. The number of rotatable bonds is 1. The Hall–Kier alpha value is -0.660. The fourth-order valence-electron chi connectivity index (χ4n) is 3.18. The van der Waals surface area contributed by atoms with Gasteiger partial charge in [-0.3, -0.25) is 4.99 Å². The van der Waals surface area contributed by atoms with Crippen molar-refractivity contribution in [3.8, 4) is 0 Å². The maximum absolute atomic E-state index is 4.60. The highest BCUT2D eigenvalue weighted by Gasteiger charge is 2.34. The van der Waals surface area contributed by atoms with E-state index in [-0.39, 0.29) is 0 Å². The molecule has 1 aliphatic carbocycles. The largest absolute Gasteiger partial charge is 0.270 e. The van der Waals surface area contributed by atoms with Crippen LogP contribution in [-0.2, 0) is 0 Å². The van der Waals surface area contributed by atoms with Crippen molar-refractivity contribution in [2.45, 2.75) is 65.3 Å². The zero-order chi connectivity index (χ0) is 12.3. The molecule has 0 N–H and O–H groups in total. The Kier molecular flexibility index (Phi) is 4.01. The molecule has 0 spiro atoms. The van der Waals surface area contributed by atoms with E-state index in [0.717, 1.165) is 5.92 Å². The van der Waals surface area contributed by atoms with Gasteiger partial charge in [0.15, 0.2) is 0 Å². The second-order valence-electron chi connectivity index (χ2n) is 6.41. The Morgan fingerprint density at radius 1 is 1.24 bits per heavy atom. The minimum Gasteiger partial charge on any atom is -0.270 e. The van der Waals surface area contributed by atoms with Gasteiger partial charge in [0.2, 0.25) is 0 Å². The van der Waals surface area contributed by atoms with E-state index in [1.165, 1.54) is 38.5 Å². The summed E-state index contributed by atoms with van der Waals surface area (Å²) in [4.78, 5) is 8.87. The number of hydrogen-bond donors (Lipinski definition) is 0. The van der Waals surface area contributed by atoms with Crippen molar-refractivity contribution in [2.24, 2.45) is 27.2 Å². The summed E-state index contributed by atoms with van der Waals surface area (Å²) in [7, 11) is 0. The average molecular weight is 234 g/mol. The molecular weight excluding hydrogens is 208 g/mol. The summed E-state index contributed by atoms with van der Waals surface area (Å²) in [5, 5.41) is 0. The fraction of sp³-hybridized carbons (Fsp3) is 0.867. The second-order valence-corrected chi connectivity index (χ2v) is 6.41. The van der Waals surface area contributed by atoms with Crippen LogP contribution in [0.3, 0.4) is 0 Å². The Labute approximate surface area is 106 Å². The van der Waals surface area contributed by atoms with Crippen molar-refractivity contribution in [1.82, 2.24) is 0 Å². The number of fused-ring (bicyclic) bond motifs is 1. The van der Waals surface area contributed by atoms with Crippen molar-refractivity contribution >= 4 is 12.6 Å². The highest BCUT2D eigenvalue weighted by molar-refractivity contribution is 5.77. The van der Waals surface area contributed by atoms with E-state index in [2.05, 4.69) is 37.0 Å². The molecule has 2 heteroatoms. The van der Waals surface area contributed by atoms with Crippen molar-refractivity contribution in [3.63, 3.8) is 0 Å². The second kappa shape index (κ2) is 5.32. The van der Waals surface area contributed by atoms with Gasteiger partial charge in [-0.1, -0.05) is 40.0 Å². The number of hydrogen-bond acceptors (Lipinski definition) is 2. The van der Waals surface area contributed by atoms with Crippen LogP contribution < -0.4 is 0 Å². The zero-order valence-electron chi connectivity index (χ0n) is 11.5. The van der Waals surface area contributed by atoms with Crippen LogP contribution in [0, 0.1) is 17.3 Å². The molecule has 1 aliphatic heterocycles. The lowest BCUT2D eigenvalue weighted by molar-refractivity contribution is 0.157. The monoisotopic (exact) mass is 234 g/mol. The van der Waals surface area contributed by atoms with Crippen molar-refractivity contribution < 1.29 is 0 Å². The minimum absolute atomic E-state index is 0.464. The summed E-state index contributed by atoms with van der Waals surface area (Å²) in [5.41, 5.74) is 0.464. The number of nitrogens with zero attached hydrogens (tertiary/aromatic N) is 2. The van der Waals surface area contributed by atoms with Crippen LogP contribution in [-0.4, -0.2) is 18.6 Å². The molecule has 2 nitrogen and oxygen atoms in total. The zero-order valence-corrected chi connectivity index (χ0v) is 11.5. The van der Waals surface area contributed by atoms with E-state index >= 15 is 0 Å². The summed E-state index contributed by atoms with van der Waals surface area (Å²) >= 11 is 0. The van der Waals surface area contributed by atoms with Crippen molar-refractivity contribution in [1.29, 1.82) is 0 Å². The quantitative estimate of drug-likeness (QED) is 0.652. The van der Waals surface area contributed by atoms with Crippen LogP contribution in [0.2, 0.25) is 0 Å². The van der Waals surface area contributed by atoms with Gasteiger partial charge in [0.1, 0.15) is 6.34 Å². The summed E-state index contributed by atoms with van der Waals surface area (Å²) in [6.07, 6.45) is 11.9. The van der Waals surface area contributed by atoms with E-state index in [1.54, 1.807) is 6.34 Å². The van der Waals surface area contributed by atoms with E-state index in [1.807, 2.05) is 0 Å². The molecule has 2 rings (SSSR count). The van der Waals surface area contributed by atoms with E-state index < -0.39 is 0 Å². The maximum Gasteiger partial charge on any atom is 0.109 e. The van der Waals surface area contributed by atoms with Crippen molar-refractivity contribution in [2.75, 3.05) is 0 Å². The molecule has 0 aromatic carbocycles. The Morgan fingerprint density at radius 3 is 2.82 bits per heavy atom. The predicted molar refractivity (Wildman–Crippen MR) is 74.9 cm³/mol. The molecule has 2 aliphatic rings. The highest BCUT2D eigenvalue weighted by Crippen LogP contribution is 2.42. The first-order valence-electron chi connectivity index (χ1n) is 7.17. The average Bonchev–Trinajstić information content (AvgIpc) is 2.38. The standard InChI is InChI=1S/C15H26N2/c1-12(2)15(3)8-6-4-5-7-14-13(9-15)10-16-11-17-14/h10-14H,4-9H2,1-3H3. The molecule has 1 heterocycles. The normalized spacial score (nSPS) is 38.4. The van der Waals surface area contributed by atoms with Gasteiger partial charge < -0.3 is 0 Å². The molecule has 0 radical (unpaired) electrons. The number of aliphatic imine (C=N–C) groups is 2. The lowest BCUT2D eigenvalue weighted by atomic mass is 9.69. The van der Waals surface area contributed by atoms with Gasteiger partial charge in [-0.15, -0.1) is 0 Å². The van der Waals surface area contributed by atoms with Crippen LogP contribution >= 0.6 is 0 Å². The molecule has 1 saturated carbocycles. The van der Waals surface area contributed by atoms with Gasteiger partial charge in [0.25, 0.3) is 0 Å². The molecule has 3 unspecified atom stereocenters. The van der Waals surface area contributed by atoms with Gasteiger partial charge in [-0.25, -0.2) is 4.99 Å². The molecule has 0 aromatic heterocycles. The Morgan fingerprint density at radius 2 is 2.06 bits per heavy atom. The van der Waals surface area contributed by atoms with Crippen molar-refractivity contribution in [3.05, 3.63) is 0 Å². The third-order valence-corrected chi connectivity index (χ3v) is 4.94. The molecule has 1 fully saturated rings. The van der Waals surface area contributed by atoms with Gasteiger partial charge in [-0.05, 0) is 30.6 Å². The summed E-state index contributed by atoms with van der Waals surface area (Å²) in [6, 6.07) is 0.503. The molecule has 0 aromatic rings. The van der Waals surface area contributed by atoms with Gasteiger partial charge in [-0.2, -0.15) is 0 Å². The first kappa shape index (κ1) is 12.8. The molecule has 0 amide bonds. The van der Waals surface area contributed by atoms with Crippen LogP contribution in [0.1, 0.15) is 59.3 Å². The van der Waals surface area contributed by atoms with Gasteiger partial charge in [0.05, 0.1) is 6.04 Å². The third-order valence-electron chi connectivity index (χ3n) is 4.94. The minimum atomic E-state index is 0.464.